The predicted molar refractivity (Wildman–Crippen MR) is 107 cm³/mol. The Morgan fingerprint density at radius 2 is 1.72 bits per heavy atom. The van der Waals surface area contributed by atoms with Crippen LogP contribution in [0.5, 0.6) is 5.75 Å². The van der Waals surface area contributed by atoms with Crippen LogP contribution in [0.25, 0.3) is 11.1 Å². The van der Waals surface area contributed by atoms with Gasteiger partial charge in [0.15, 0.2) is 0 Å². The van der Waals surface area contributed by atoms with E-state index >= 15 is 0 Å². The van der Waals surface area contributed by atoms with Crippen molar-refractivity contribution in [2.24, 2.45) is 5.73 Å². The topological polar surface area (TPSA) is 147 Å². The Morgan fingerprint density at radius 3 is 2.34 bits per heavy atom. The molecule has 0 fully saturated rings. The summed E-state index contributed by atoms with van der Waals surface area (Å²) in [5, 5.41) is 14.7. The summed E-state index contributed by atoms with van der Waals surface area (Å²) in [5.41, 5.74) is 6.94. The summed E-state index contributed by atoms with van der Waals surface area (Å²) in [4.78, 5) is 37.8. The molecule has 1 heterocycles. The van der Waals surface area contributed by atoms with Gasteiger partial charge in [-0.05, 0) is 29.8 Å². The molecule has 0 atom stereocenters. The summed E-state index contributed by atoms with van der Waals surface area (Å²) in [6.07, 6.45) is 1.21. The molecule has 3 aromatic rings. The Kier molecular flexibility index (Phi) is 5.49. The van der Waals surface area contributed by atoms with Crippen LogP contribution in [-0.4, -0.2) is 35.1 Å². The molecule has 29 heavy (non-hydrogen) atoms. The highest BCUT2D eigenvalue weighted by Crippen LogP contribution is 2.29. The van der Waals surface area contributed by atoms with Crippen LogP contribution in [-0.2, 0) is 0 Å². The van der Waals surface area contributed by atoms with E-state index in [1.54, 1.807) is 48.5 Å². The molecule has 3 rings (SSSR count). The van der Waals surface area contributed by atoms with Crippen molar-refractivity contribution in [1.29, 1.82) is 0 Å². The summed E-state index contributed by atoms with van der Waals surface area (Å²) in [5.74, 6) is -1.35. The number of carboxylic acids is 1. The highest BCUT2D eigenvalue weighted by Gasteiger charge is 2.21. The van der Waals surface area contributed by atoms with Crippen LogP contribution in [0.15, 0.2) is 54.7 Å². The molecule has 1 aromatic heterocycles. The van der Waals surface area contributed by atoms with E-state index in [9.17, 15) is 19.5 Å². The van der Waals surface area contributed by atoms with Crippen molar-refractivity contribution >= 4 is 29.3 Å². The lowest BCUT2D eigenvalue weighted by molar-refractivity contribution is 0.0697. The average molecular weight is 394 g/mol. The minimum atomic E-state index is -1.19. The van der Waals surface area contributed by atoms with Crippen LogP contribution in [0, 0.1) is 0 Å². The smallest absolute Gasteiger partial charge is 0.337 e. The molecule has 0 radical (unpaired) electrons. The quantitative estimate of drug-likeness (QED) is 0.436. The monoisotopic (exact) mass is 394 g/mol. The standard InChI is InChI=1S/C20H18N4O5/c1-29-14-4-2-3-13(9-14)24-20(28)23-12-7-5-11(6-8-12)16-15(19(26)27)10-22-17(16)18(21)25/h2-10,22H,1H3,(H2,21,25)(H,26,27)(H2,23,24,28). The van der Waals surface area contributed by atoms with Gasteiger partial charge in [0.1, 0.15) is 11.4 Å². The number of hydrogen-bond acceptors (Lipinski definition) is 4. The van der Waals surface area contributed by atoms with Gasteiger partial charge in [-0.25, -0.2) is 9.59 Å². The first-order valence-corrected chi connectivity index (χ1v) is 8.46. The Morgan fingerprint density at radius 1 is 1.03 bits per heavy atom. The Hall–Kier alpha value is -4.27. The largest absolute Gasteiger partial charge is 0.497 e. The molecular formula is C20H18N4O5. The average Bonchev–Trinajstić information content (AvgIpc) is 3.14. The number of aromatic nitrogens is 1. The van der Waals surface area contributed by atoms with Crippen LogP contribution in [0.2, 0.25) is 0 Å². The fraction of sp³-hybridized carbons (Fsp3) is 0.0500. The summed E-state index contributed by atoms with van der Waals surface area (Å²) in [6, 6.07) is 12.8. The Bertz CT molecular complexity index is 1040. The number of aromatic carboxylic acids is 1. The van der Waals surface area contributed by atoms with Crippen LogP contribution >= 0.6 is 0 Å². The maximum absolute atomic E-state index is 12.2. The third-order valence-corrected chi connectivity index (χ3v) is 4.12. The molecular weight excluding hydrogens is 376 g/mol. The van der Waals surface area contributed by atoms with Gasteiger partial charge in [-0.15, -0.1) is 0 Å². The number of carboxylic acid groups (broad SMARTS) is 1. The lowest BCUT2D eigenvalue weighted by Crippen LogP contribution is -2.19. The minimum absolute atomic E-state index is 0.00104. The van der Waals surface area contributed by atoms with Crippen molar-refractivity contribution < 1.29 is 24.2 Å². The minimum Gasteiger partial charge on any atom is -0.497 e. The number of rotatable bonds is 6. The van der Waals surface area contributed by atoms with E-state index in [0.29, 0.717) is 22.7 Å². The van der Waals surface area contributed by atoms with Crippen molar-refractivity contribution in [3.63, 3.8) is 0 Å². The van der Waals surface area contributed by atoms with Gasteiger partial charge in [-0.2, -0.15) is 0 Å². The van der Waals surface area contributed by atoms with Gasteiger partial charge in [0.05, 0.1) is 12.7 Å². The maximum Gasteiger partial charge on any atom is 0.337 e. The van der Waals surface area contributed by atoms with E-state index in [1.165, 1.54) is 13.3 Å². The molecule has 0 bridgehead atoms. The van der Waals surface area contributed by atoms with Crippen LogP contribution in [0.1, 0.15) is 20.8 Å². The van der Waals surface area contributed by atoms with Gasteiger partial charge in [-0.3, -0.25) is 4.79 Å². The van der Waals surface area contributed by atoms with Crippen molar-refractivity contribution in [3.8, 4) is 16.9 Å². The number of aromatic amines is 1. The number of amides is 3. The zero-order valence-electron chi connectivity index (χ0n) is 15.4. The van der Waals surface area contributed by atoms with Crippen molar-refractivity contribution in [1.82, 2.24) is 4.98 Å². The van der Waals surface area contributed by atoms with Gasteiger partial charge in [-0.1, -0.05) is 18.2 Å². The molecule has 0 saturated heterocycles. The van der Waals surface area contributed by atoms with Gasteiger partial charge in [0.2, 0.25) is 0 Å². The zero-order chi connectivity index (χ0) is 21.0. The molecule has 0 unspecified atom stereocenters. The molecule has 3 amide bonds. The summed E-state index contributed by atoms with van der Waals surface area (Å²) < 4.78 is 5.11. The van der Waals surface area contributed by atoms with Crippen molar-refractivity contribution in [2.75, 3.05) is 17.7 Å². The summed E-state index contributed by atoms with van der Waals surface area (Å²) in [7, 11) is 1.53. The number of hydrogen-bond donors (Lipinski definition) is 5. The molecule has 0 aliphatic carbocycles. The number of ether oxygens (including phenoxy) is 1. The first kappa shape index (κ1) is 19.5. The van der Waals surface area contributed by atoms with E-state index in [2.05, 4.69) is 15.6 Å². The number of primary amides is 1. The third-order valence-electron chi connectivity index (χ3n) is 4.12. The lowest BCUT2D eigenvalue weighted by atomic mass is 10.0. The second-order valence-electron chi connectivity index (χ2n) is 6.01. The van der Waals surface area contributed by atoms with E-state index in [0.717, 1.165) is 0 Å². The number of nitrogens with two attached hydrogens (primary N) is 1. The summed E-state index contributed by atoms with van der Waals surface area (Å²) >= 11 is 0. The first-order valence-electron chi connectivity index (χ1n) is 8.46. The highest BCUT2D eigenvalue weighted by atomic mass is 16.5. The molecule has 0 spiro atoms. The van der Waals surface area contributed by atoms with Gasteiger partial charge in [0.25, 0.3) is 5.91 Å². The van der Waals surface area contributed by atoms with Crippen LogP contribution in [0.3, 0.4) is 0 Å². The maximum atomic E-state index is 12.2. The number of nitrogens with one attached hydrogen (secondary N) is 3. The number of anilines is 2. The predicted octanol–water partition coefficient (Wildman–Crippen LogP) is 3.13. The number of urea groups is 1. The van der Waals surface area contributed by atoms with Crippen molar-refractivity contribution in [2.45, 2.75) is 0 Å². The lowest BCUT2D eigenvalue weighted by Gasteiger charge is -2.10. The molecule has 9 nitrogen and oxygen atoms in total. The fourth-order valence-corrected chi connectivity index (χ4v) is 2.80. The van der Waals surface area contributed by atoms with E-state index in [4.69, 9.17) is 10.5 Å². The normalized spacial score (nSPS) is 10.2. The summed E-state index contributed by atoms with van der Waals surface area (Å²) in [6.45, 7) is 0. The van der Waals surface area contributed by atoms with Gasteiger partial charge in [0, 0.05) is 29.2 Å². The van der Waals surface area contributed by atoms with Gasteiger partial charge >= 0.3 is 12.0 Å². The third kappa shape index (κ3) is 4.35. The van der Waals surface area contributed by atoms with Crippen LogP contribution < -0.4 is 21.1 Å². The first-order chi connectivity index (χ1) is 13.9. The molecule has 9 heteroatoms. The second-order valence-corrected chi connectivity index (χ2v) is 6.01. The fourth-order valence-electron chi connectivity index (χ4n) is 2.80. The molecule has 148 valence electrons. The zero-order valence-corrected chi connectivity index (χ0v) is 15.4. The molecule has 6 N–H and O–H groups in total. The SMILES string of the molecule is COc1cccc(NC(=O)Nc2ccc(-c3c(C(=O)O)c[nH]c3C(N)=O)cc2)c1. The number of benzene rings is 2. The molecule has 0 aliphatic heterocycles. The number of methoxy groups -OCH3 is 1. The van der Waals surface area contributed by atoms with E-state index in [-0.39, 0.29) is 16.8 Å². The van der Waals surface area contributed by atoms with Crippen molar-refractivity contribution in [3.05, 3.63) is 66.0 Å². The number of carbonyl (C=O) groups is 3. The molecule has 0 aliphatic rings. The van der Waals surface area contributed by atoms with E-state index in [1.807, 2.05) is 0 Å². The number of carbonyl (C=O) groups excluding carboxylic acids is 2. The Balaban J connectivity index is 1.77. The van der Waals surface area contributed by atoms with E-state index < -0.39 is 17.9 Å². The highest BCUT2D eigenvalue weighted by molar-refractivity contribution is 6.06. The molecule has 2 aromatic carbocycles. The number of H-pyrrole nitrogens is 1. The van der Waals surface area contributed by atoms with Crippen LogP contribution in [0.4, 0.5) is 16.2 Å². The second kappa shape index (κ2) is 8.17. The molecule has 0 saturated carbocycles. The van der Waals surface area contributed by atoms with Gasteiger partial charge < -0.3 is 31.2 Å². The Labute approximate surface area is 165 Å².